The summed E-state index contributed by atoms with van der Waals surface area (Å²) >= 11 is 0. The van der Waals surface area contributed by atoms with Gasteiger partial charge >= 0.3 is 0 Å². The average Bonchev–Trinajstić information content (AvgIpc) is 2.26. The predicted octanol–water partition coefficient (Wildman–Crippen LogP) is 1.30. The fraction of sp³-hybridized carbons (Fsp3) is 0.333. The number of benzene rings is 1. The van der Waals surface area contributed by atoms with Crippen LogP contribution in [0.25, 0.3) is 0 Å². The lowest BCUT2D eigenvalue weighted by atomic mass is 10.3. The summed E-state index contributed by atoms with van der Waals surface area (Å²) < 4.78 is 26.7. The number of hydrogen-bond donors (Lipinski definition) is 0. The quantitative estimate of drug-likeness (QED) is 0.575. The van der Waals surface area contributed by atoms with Crippen LogP contribution in [0.4, 0.5) is 5.69 Å². The number of sulfonamides is 1. The first-order chi connectivity index (χ1) is 7.49. The van der Waals surface area contributed by atoms with Gasteiger partial charge in [0.2, 0.25) is 0 Å². The molecule has 0 spiro atoms. The second-order valence-corrected chi connectivity index (χ2v) is 4.70. The van der Waals surface area contributed by atoms with Gasteiger partial charge in [0.05, 0.1) is 4.92 Å². The summed E-state index contributed by atoms with van der Waals surface area (Å²) in [4.78, 5) is 9.56. The Bertz CT molecular complexity index is 484. The molecule has 0 N–H and O–H groups in total. The molecule has 0 aromatic heterocycles. The monoisotopic (exact) mass is 243 g/mol. The molecule has 1 aromatic carbocycles. The molecule has 0 amide bonds. The second kappa shape index (κ2) is 5.04. The van der Waals surface area contributed by atoms with Crippen molar-refractivity contribution < 1.29 is 13.3 Å². The van der Waals surface area contributed by atoms with Gasteiger partial charge in [-0.15, -0.1) is 4.72 Å². The van der Waals surface area contributed by atoms with Crippen molar-refractivity contribution in [3.63, 3.8) is 0 Å². The van der Waals surface area contributed by atoms with Crippen molar-refractivity contribution >= 4 is 15.7 Å². The van der Waals surface area contributed by atoms with Crippen LogP contribution in [0, 0.1) is 10.1 Å². The maximum Gasteiger partial charge on any atom is 0.289 e. The summed E-state index contributed by atoms with van der Waals surface area (Å²) in [5.74, 6) is 0. The molecule has 1 radical (unpaired) electrons. The summed E-state index contributed by atoms with van der Waals surface area (Å²) in [6, 6.07) is 5.18. The fourth-order valence-corrected chi connectivity index (χ4v) is 2.33. The Labute approximate surface area is 93.5 Å². The molecular formula is C9H11N2O4S. The standard InChI is InChI=1S/C9H11N2O4S/c1-2-7-10-16(14,15)9-6-4-3-5-8(9)11(12)13/h3-6H,2,7H2,1H3. The van der Waals surface area contributed by atoms with E-state index in [9.17, 15) is 18.5 Å². The summed E-state index contributed by atoms with van der Waals surface area (Å²) in [6.45, 7) is 1.91. The summed E-state index contributed by atoms with van der Waals surface area (Å²) in [6.07, 6.45) is 0.569. The minimum atomic E-state index is -3.91. The number of para-hydroxylation sites is 1. The Balaban J connectivity index is 3.17. The van der Waals surface area contributed by atoms with Crippen LogP contribution < -0.4 is 4.72 Å². The summed E-state index contributed by atoms with van der Waals surface area (Å²) in [5.41, 5.74) is -0.442. The highest BCUT2D eigenvalue weighted by molar-refractivity contribution is 7.89. The topological polar surface area (TPSA) is 91.4 Å². The minimum Gasteiger partial charge on any atom is -0.258 e. The first-order valence-electron chi connectivity index (χ1n) is 4.66. The molecule has 0 saturated carbocycles. The van der Waals surface area contributed by atoms with Crippen molar-refractivity contribution in [1.29, 1.82) is 0 Å². The third kappa shape index (κ3) is 2.77. The Morgan fingerprint density at radius 1 is 1.38 bits per heavy atom. The maximum absolute atomic E-state index is 11.6. The molecular weight excluding hydrogens is 232 g/mol. The van der Waals surface area contributed by atoms with Crippen molar-refractivity contribution in [2.24, 2.45) is 0 Å². The second-order valence-electron chi connectivity index (χ2n) is 3.05. The number of nitro groups is 1. The molecule has 7 heteroatoms. The number of rotatable bonds is 5. The van der Waals surface area contributed by atoms with Gasteiger partial charge in [0, 0.05) is 12.6 Å². The Morgan fingerprint density at radius 2 is 2.00 bits per heavy atom. The van der Waals surface area contributed by atoms with E-state index in [0.717, 1.165) is 6.07 Å². The molecule has 0 saturated heterocycles. The van der Waals surface area contributed by atoms with E-state index < -0.39 is 20.6 Å². The molecule has 0 heterocycles. The van der Waals surface area contributed by atoms with Crippen LogP contribution in [0.2, 0.25) is 0 Å². The molecule has 6 nitrogen and oxygen atoms in total. The van der Waals surface area contributed by atoms with Crippen molar-refractivity contribution in [3.05, 3.63) is 34.4 Å². The van der Waals surface area contributed by atoms with Gasteiger partial charge in [0.25, 0.3) is 15.7 Å². The van der Waals surface area contributed by atoms with Gasteiger partial charge in [-0.2, -0.15) is 0 Å². The first-order valence-corrected chi connectivity index (χ1v) is 6.10. The van der Waals surface area contributed by atoms with E-state index in [1.54, 1.807) is 6.92 Å². The fourth-order valence-electron chi connectivity index (χ4n) is 1.11. The Kier molecular flexibility index (Phi) is 3.97. The Morgan fingerprint density at radius 3 is 2.56 bits per heavy atom. The molecule has 0 aliphatic rings. The predicted molar refractivity (Wildman–Crippen MR) is 57.6 cm³/mol. The van der Waals surface area contributed by atoms with Crippen molar-refractivity contribution in [2.45, 2.75) is 18.2 Å². The molecule has 0 atom stereocenters. The zero-order valence-electron chi connectivity index (χ0n) is 8.66. The number of nitro benzene ring substituents is 1. The summed E-state index contributed by atoms with van der Waals surface area (Å²) in [5, 5.41) is 10.6. The van der Waals surface area contributed by atoms with E-state index in [1.165, 1.54) is 18.2 Å². The lowest BCUT2D eigenvalue weighted by Crippen LogP contribution is -2.18. The molecule has 16 heavy (non-hydrogen) atoms. The molecule has 87 valence electrons. The normalized spacial score (nSPS) is 11.3. The molecule has 0 aliphatic heterocycles. The van der Waals surface area contributed by atoms with E-state index >= 15 is 0 Å². The summed E-state index contributed by atoms with van der Waals surface area (Å²) in [7, 11) is -3.91. The average molecular weight is 243 g/mol. The highest BCUT2D eigenvalue weighted by Crippen LogP contribution is 2.22. The van der Waals surface area contributed by atoms with E-state index in [0.29, 0.717) is 6.42 Å². The van der Waals surface area contributed by atoms with Crippen molar-refractivity contribution in [2.75, 3.05) is 6.54 Å². The van der Waals surface area contributed by atoms with Crippen LogP contribution >= 0.6 is 0 Å². The first kappa shape index (κ1) is 12.6. The third-order valence-electron chi connectivity index (χ3n) is 1.82. The molecule has 0 bridgehead atoms. The van der Waals surface area contributed by atoms with Gasteiger partial charge in [-0.1, -0.05) is 19.1 Å². The van der Waals surface area contributed by atoms with Crippen LogP contribution in [0.3, 0.4) is 0 Å². The van der Waals surface area contributed by atoms with Crippen LogP contribution in [0.15, 0.2) is 29.2 Å². The van der Waals surface area contributed by atoms with Crippen LogP contribution in [0.1, 0.15) is 13.3 Å². The lowest BCUT2D eigenvalue weighted by Gasteiger charge is -2.03. The van der Waals surface area contributed by atoms with Gasteiger partial charge < -0.3 is 0 Å². The minimum absolute atomic E-state index is 0.133. The van der Waals surface area contributed by atoms with Crippen LogP contribution in [-0.2, 0) is 10.0 Å². The molecule has 1 rings (SSSR count). The highest BCUT2D eigenvalue weighted by Gasteiger charge is 2.25. The van der Waals surface area contributed by atoms with Crippen molar-refractivity contribution in [3.8, 4) is 0 Å². The molecule has 0 unspecified atom stereocenters. The number of hydrogen-bond acceptors (Lipinski definition) is 4. The van der Waals surface area contributed by atoms with E-state index in [4.69, 9.17) is 0 Å². The SMILES string of the molecule is CCC[N]S(=O)(=O)c1ccccc1[N+](=O)[O-]. The van der Waals surface area contributed by atoms with Crippen LogP contribution in [0.5, 0.6) is 0 Å². The van der Waals surface area contributed by atoms with Gasteiger partial charge in [0.1, 0.15) is 0 Å². The van der Waals surface area contributed by atoms with Gasteiger partial charge in [-0.3, -0.25) is 10.1 Å². The smallest absolute Gasteiger partial charge is 0.258 e. The van der Waals surface area contributed by atoms with Gasteiger partial charge in [-0.25, -0.2) is 8.42 Å². The zero-order chi connectivity index (χ0) is 12.2. The van der Waals surface area contributed by atoms with Crippen LogP contribution in [-0.4, -0.2) is 19.9 Å². The molecule has 1 aromatic rings. The Hall–Kier alpha value is -1.47. The van der Waals surface area contributed by atoms with Crippen molar-refractivity contribution in [1.82, 2.24) is 4.72 Å². The largest absolute Gasteiger partial charge is 0.289 e. The lowest BCUT2D eigenvalue weighted by molar-refractivity contribution is -0.387. The van der Waals surface area contributed by atoms with E-state index in [2.05, 4.69) is 4.72 Å². The third-order valence-corrected chi connectivity index (χ3v) is 3.25. The zero-order valence-corrected chi connectivity index (χ0v) is 9.48. The highest BCUT2D eigenvalue weighted by atomic mass is 32.2. The molecule has 0 fully saturated rings. The van der Waals surface area contributed by atoms with Gasteiger partial charge in [-0.05, 0) is 12.5 Å². The van der Waals surface area contributed by atoms with Gasteiger partial charge in [0.15, 0.2) is 4.90 Å². The van der Waals surface area contributed by atoms with E-state index in [-0.39, 0.29) is 11.4 Å². The molecule has 0 aliphatic carbocycles. The maximum atomic E-state index is 11.6. The number of nitrogens with zero attached hydrogens (tertiary/aromatic N) is 2. The van der Waals surface area contributed by atoms with E-state index in [1.807, 2.05) is 0 Å².